The van der Waals surface area contributed by atoms with Gasteiger partial charge >= 0.3 is 0 Å². The molecule has 0 bridgehead atoms. The van der Waals surface area contributed by atoms with E-state index in [9.17, 15) is 9.36 Å². The molecule has 5 rings (SSSR count). The molecule has 0 spiro atoms. The van der Waals surface area contributed by atoms with Crippen molar-refractivity contribution in [2.45, 2.75) is 18.9 Å². The lowest BCUT2D eigenvalue weighted by Gasteiger charge is -2.23. The lowest BCUT2D eigenvalue weighted by molar-refractivity contribution is 0.0929. The van der Waals surface area contributed by atoms with Gasteiger partial charge in [-0.25, -0.2) is 0 Å². The molecule has 5 N–H and O–H groups in total. The number of para-hydroxylation sites is 1. The van der Waals surface area contributed by atoms with Gasteiger partial charge in [-0.05, 0) is 81.7 Å². The van der Waals surface area contributed by atoms with Crippen LogP contribution in [0.1, 0.15) is 23.2 Å². The minimum Gasteiger partial charge on any atom is -0.349 e. The van der Waals surface area contributed by atoms with Crippen LogP contribution in [0.15, 0.2) is 60.8 Å². The number of aromatic amines is 1. The van der Waals surface area contributed by atoms with E-state index in [4.69, 9.17) is 4.98 Å². The molecule has 1 fully saturated rings. The van der Waals surface area contributed by atoms with Crippen LogP contribution in [0.4, 0.5) is 23.1 Å². The average molecular weight is 504 g/mol. The smallest absolute Gasteiger partial charge is 0.251 e. The second kappa shape index (κ2) is 10.1. The van der Waals surface area contributed by atoms with Gasteiger partial charge < -0.3 is 30.8 Å². The first-order chi connectivity index (χ1) is 17.4. The summed E-state index contributed by atoms with van der Waals surface area (Å²) in [6.07, 6.45) is 3.69. The summed E-state index contributed by atoms with van der Waals surface area (Å²) in [5, 5.41) is 14.6. The maximum absolute atomic E-state index is 12.8. The zero-order valence-electron chi connectivity index (χ0n) is 20.3. The summed E-state index contributed by atoms with van der Waals surface area (Å²) in [7, 11) is -2.50. The zero-order valence-corrected chi connectivity index (χ0v) is 21.2. The molecule has 1 aliphatic rings. The van der Waals surface area contributed by atoms with Crippen LogP contribution in [0, 0.1) is 0 Å². The van der Waals surface area contributed by atoms with Crippen molar-refractivity contribution < 1.29 is 9.36 Å². The Hall–Kier alpha value is -3.68. The maximum atomic E-state index is 12.8. The first-order valence-corrected chi connectivity index (χ1v) is 14.6. The van der Waals surface area contributed by atoms with E-state index in [1.165, 1.54) is 0 Å². The summed E-state index contributed by atoms with van der Waals surface area (Å²) < 4.78 is 12.8. The fourth-order valence-electron chi connectivity index (χ4n) is 4.34. The Bertz CT molecular complexity index is 1420. The number of H-pyrrole nitrogens is 1. The molecule has 4 aromatic rings. The number of rotatable bonds is 7. The minimum absolute atomic E-state index is 0.0632. The van der Waals surface area contributed by atoms with E-state index in [1.54, 1.807) is 31.7 Å². The van der Waals surface area contributed by atoms with Crippen molar-refractivity contribution in [2.75, 3.05) is 37.1 Å². The molecule has 0 radical (unpaired) electrons. The summed E-state index contributed by atoms with van der Waals surface area (Å²) in [5.74, 6) is 0.933. The van der Waals surface area contributed by atoms with Gasteiger partial charge in [0.1, 0.15) is 18.6 Å². The van der Waals surface area contributed by atoms with E-state index in [0.717, 1.165) is 48.0 Å². The van der Waals surface area contributed by atoms with Crippen LogP contribution in [0.25, 0.3) is 11.0 Å². The molecule has 10 heteroatoms. The van der Waals surface area contributed by atoms with Crippen molar-refractivity contribution in [3.8, 4) is 0 Å². The van der Waals surface area contributed by atoms with E-state index in [2.05, 4.69) is 31.2 Å². The third-order valence-corrected chi connectivity index (χ3v) is 7.78. The molecule has 0 atom stereocenters. The Morgan fingerprint density at radius 2 is 1.72 bits per heavy atom. The van der Waals surface area contributed by atoms with E-state index < -0.39 is 7.14 Å². The highest BCUT2D eigenvalue weighted by Gasteiger charge is 2.18. The highest BCUT2D eigenvalue weighted by atomic mass is 31.2. The van der Waals surface area contributed by atoms with Gasteiger partial charge in [0.25, 0.3) is 5.91 Å². The number of aromatic nitrogens is 3. The van der Waals surface area contributed by atoms with E-state index >= 15 is 0 Å². The Morgan fingerprint density at radius 3 is 2.47 bits per heavy atom. The van der Waals surface area contributed by atoms with Gasteiger partial charge in [0, 0.05) is 28.8 Å². The Labute approximate surface area is 209 Å². The molecule has 0 unspecified atom stereocenters. The molecule has 0 saturated carbocycles. The first-order valence-electron chi connectivity index (χ1n) is 12.0. The number of nitrogens with zero attached hydrogens (tertiary/aromatic N) is 2. The number of anilines is 4. The number of piperidine rings is 1. The molecule has 2 aromatic carbocycles. The predicted molar refractivity (Wildman–Crippen MR) is 146 cm³/mol. The number of hydrogen-bond donors (Lipinski definition) is 5. The van der Waals surface area contributed by atoms with Crippen molar-refractivity contribution in [1.82, 2.24) is 25.6 Å². The van der Waals surface area contributed by atoms with Gasteiger partial charge in [0.15, 0.2) is 0 Å². The van der Waals surface area contributed by atoms with Gasteiger partial charge in [-0.2, -0.15) is 9.97 Å². The lowest BCUT2D eigenvalue weighted by Crippen LogP contribution is -2.42. The quantitative estimate of drug-likeness (QED) is 0.240. The van der Waals surface area contributed by atoms with Crippen molar-refractivity contribution in [3.63, 3.8) is 0 Å². The molecule has 1 amide bonds. The average Bonchev–Trinajstić information content (AvgIpc) is 3.34. The Morgan fingerprint density at radius 1 is 0.972 bits per heavy atom. The topological polar surface area (TPSA) is 124 Å². The Kier molecular flexibility index (Phi) is 6.76. The number of amides is 1. The SMILES string of the molecule is CP(C)(=O)c1ccccc1Nc1nc(Nc2ccc(C(=O)NC3CCNCC3)cc2)nc2[nH]ccc12. The van der Waals surface area contributed by atoms with Gasteiger partial charge in [-0.1, -0.05) is 12.1 Å². The number of carbonyl (C=O) groups is 1. The van der Waals surface area contributed by atoms with Gasteiger partial charge in [0.2, 0.25) is 5.95 Å². The molecule has 9 nitrogen and oxygen atoms in total. The number of benzene rings is 2. The van der Waals surface area contributed by atoms with Crippen LogP contribution in [0.5, 0.6) is 0 Å². The van der Waals surface area contributed by atoms with Gasteiger partial charge in [-0.3, -0.25) is 4.79 Å². The number of hydrogen-bond acceptors (Lipinski definition) is 7. The van der Waals surface area contributed by atoms with E-state index in [1.807, 2.05) is 42.5 Å². The molecule has 3 heterocycles. The Balaban J connectivity index is 1.35. The van der Waals surface area contributed by atoms with Crippen molar-refractivity contribution in [3.05, 3.63) is 66.4 Å². The molecular weight excluding hydrogens is 473 g/mol. The molecule has 36 heavy (non-hydrogen) atoms. The minimum atomic E-state index is -2.50. The molecule has 1 aliphatic heterocycles. The summed E-state index contributed by atoms with van der Waals surface area (Å²) >= 11 is 0. The van der Waals surface area contributed by atoms with Crippen molar-refractivity contribution in [1.29, 1.82) is 0 Å². The largest absolute Gasteiger partial charge is 0.349 e. The summed E-state index contributed by atoms with van der Waals surface area (Å²) in [4.78, 5) is 25.0. The normalized spacial score (nSPS) is 14.5. The summed E-state index contributed by atoms with van der Waals surface area (Å²) in [5.41, 5.74) is 2.79. The van der Waals surface area contributed by atoms with Crippen LogP contribution in [-0.2, 0) is 4.57 Å². The van der Waals surface area contributed by atoms with Crippen LogP contribution < -0.4 is 26.6 Å². The highest BCUT2D eigenvalue weighted by Crippen LogP contribution is 2.38. The van der Waals surface area contributed by atoms with E-state index in [-0.39, 0.29) is 11.9 Å². The second-order valence-electron chi connectivity index (χ2n) is 9.33. The standard InChI is InChI=1S/C26H30N7O2P/c1-36(2,35)22-6-4-3-5-21(22)31-24-20-13-16-28-23(20)32-26(33-24)30-18-9-7-17(8-10-18)25(34)29-19-11-14-27-15-12-19/h3-10,13,16,19,27H,11-12,14-15H2,1-2H3,(H,29,34)(H3,28,30,31,32,33). The van der Waals surface area contributed by atoms with Crippen molar-refractivity contribution in [2.24, 2.45) is 0 Å². The maximum Gasteiger partial charge on any atom is 0.251 e. The third-order valence-electron chi connectivity index (χ3n) is 6.23. The number of carbonyl (C=O) groups excluding carboxylic acids is 1. The molecule has 186 valence electrons. The second-order valence-corrected chi connectivity index (χ2v) is 12.5. The lowest BCUT2D eigenvalue weighted by atomic mass is 10.1. The number of nitrogens with one attached hydrogen (secondary N) is 5. The van der Waals surface area contributed by atoms with Gasteiger partial charge in [-0.15, -0.1) is 0 Å². The monoisotopic (exact) mass is 503 g/mol. The third kappa shape index (κ3) is 5.42. The molecule has 2 aromatic heterocycles. The van der Waals surface area contributed by atoms with Crippen LogP contribution in [0.2, 0.25) is 0 Å². The fraction of sp³-hybridized carbons (Fsp3) is 0.269. The zero-order chi connectivity index (χ0) is 25.1. The first kappa shape index (κ1) is 24.0. The van der Waals surface area contributed by atoms with Crippen molar-refractivity contribution >= 4 is 52.5 Å². The van der Waals surface area contributed by atoms with Gasteiger partial charge in [0.05, 0.1) is 11.1 Å². The number of fused-ring (bicyclic) bond motifs is 1. The molecule has 1 saturated heterocycles. The van der Waals surface area contributed by atoms with Crippen LogP contribution in [0.3, 0.4) is 0 Å². The van der Waals surface area contributed by atoms with Crippen LogP contribution >= 0.6 is 7.14 Å². The predicted octanol–water partition coefficient (Wildman–Crippen LogP) is 4.17. The highest BCUT2D eigenvalue weighted by molar-refractivity contribution is 7.70. The molecule has 0 aliphatic carbocycles. The molecular formula is C26H30N7O2P. The fourth-order valence-corrected chi connectivity index (χ4v) is 5.49. The van der Waals surface area contributed by atoms with E-state index in [0.29, 0.717) is 23.0 Å². The summed E-state index contributed by atoms with van der Waals surface area (Å²) in [6, 6.07) is 16.9. The summed E-state index contributed by atoms with van der Waals surface area (Å²) in [6.45, 7) is 5.36. The van der Waals surface area contributed by atoms with Crippen LogP contribution in [-0.4, -0.2) is 53.3 Å².